The maximum Gasteiger partial charge on any atom is 0.330 e. The molecule has 3 nitrogen and oxygen atoms in total. The number of alkyl halides is 1. The zero-order chi connectivity index (χ0) is 17.8. The van der Waals surface area contributed by atoms with Crippen LogP contribution < -0.4 is 0 Å². The first-order chi connectivity index (χ1) is 11.6. The Labute approximate surface area is 155 Å². The molecule has 0 bridgehead atoms. The third-order valence-electron chi connectivity index (χ3n) is 3.99. The van der Waals surface area contributed by atoms with Gasteiger partial charge in [0.25, 0.3) is 0 Å². The smallest absolute Gasteiger partial charge is 0.330 e. The molecule has 0 fully saturated rings. The number of esters is 1. The molecule has 136 valence electrons. The molecule has 5 heteroatoms. The van der Waals surface area contributed by atoms with Crippen LogP contribution in [0.3, 0.4) is 0 Å². The Balaban J connectivity index is 2.41. The molecular formula is C19H30ClNO2S. The van der Waals surface area contributed by atoms with Crippen molar-refractivity contribution in [2.75, 3.05) is 7.11 Å². The number of unbranched alkanes of at least 4 members (excludes halogenated alkanes) is 6. The van der Waals surface area contributed by atoms with E-state index >= 15 is 0 Å². The highest BCUT2D eigenvalue weighted by Gasteiger charge is 2.23. The van der Waals surface area contributed by atoms with Crippen molar-refractivity contribution >= 4 is 29.3 Å². The lowest BCUT2D eigenvalue weighted by atomic mass is 10.1. The van der Waals surface area contributed by atoms with E-state index < -0.39 is 11.3 Å². The number of carbonyl (C=O) groups excluding carboxylic acids is 1. The Morgan fingerprint density at radius 2 is 1.92 bits per heavy atom. The summed E-state index contributed by atoms with van der Waals surface area (Å²) >= 11 is 7.93. The number of hydrogen-bond acceptors (Lipinski definition) is 4. The van der Waals surface area contributed by atoms with Gasteiger partial charge in [-0.25, -0.2) is 0 Å². The number of methoxy groups -OCH3 is 1. The molecule has 0 aliphatic carbocycles. The Hall–Kier alpha value is -0.740. The van der Waals surface area contributed by atoms with Gasteiger partial charge < -0.3 is 4.74 Å². The number of rotatable bonds is 12. The molecule has 0 saturated heterocycles. The maximum atomic E-state index is 11.7. The summed E-state index contributed by atoms with van der Waals surface area (Å²) in [5.41, 5.74) is 0.599. The molecule has 1 heterocycles. The molecule has 0 radical (unpaired) electrons. The summed E-state index contributed by atoms with van der Waals surface area (Å²) in [6.07, 6.45) is 12.1. The molecule has 0 amide bonds. The summed E-state index contributed by atoms with van der Waals surface area (Å²) < 4.78 is 4.73. The fourth-order valence-corrected chi connectivity index (χ4v) is 4.07. The third kappa shape index (κ3) is 7.89. The van der Waals surface area contributed by atoms with Gasteiger partial charge in [0, 0.05) is 16.3 Å². The van der Waals surface area contributed by atoms with Crippen LogP contribution in [0.2, 0.25) is 0 Å². The molecule has 0 aliphatic heterocycles. The van der Waals surface area contributed by atoms with Crippen LogP contribution in [-0.2, 0) is 9.53 Å². The fraction of sp³-hybridized carbons (Fsp3) is 0.684. The molecular weight excluding hydrogens is 342 g/mol. The van der Waals surface area contributed by atoms with Crippen molar-refractivity contribution < 1.29 is 9.53 Å². The number of thioether (sulfide) groups is 1. The van der Waals surface area contributed by atoms with Crippen LogP contribution in [0.5, 0.6) is 0 Å². The van der Waals surface area contributed by atoms with E-state index in [0.717, 1.165) is 11.3 Å². The summed E-state index contributed by atoms with van der Waals surface area (Å²) in [7, 11) is 1.34. The van der Waals surface area contributed by atoms with Crippen molar-refractivity contribution in [3.8, 4) is 0 Å². The highest BCUT2D eigenvalue weighted by Crippen LogP contribution is 2.34. The largest absolute Gasteiger partial charge is 0.468 e. The first-order valence-electron chi connectivity index (χ1n) is 8.93. The molecule has 0 aromatic carbocycles. The van der Waals surface area contributed by atoms with Gasteiger partial charge >= 0.3 is 5.97 Å². The number of carbonyl (C=O) groups is 1. The summed E-state index contributed by atoms with van der Waals surface area (Å²) in [5, 5.41) is -0.366. The lowest BCUT2D eigenvalue weighted by Crippen LogP contribution is -2.11. The van der Waals surface area contributed by atoms with E-state index in [1.807, 2.05) is 12.1 Å². The fourth-order valence-electron chi connectivity index (χ4n) is 2.57. The monoisotopic (exact) mass is 371 g/mol. The van der Waals surface area contributed by atoms with Crippen molar-refractivity contribution in [3.05, 3.63) is 24.0 Å². The average Bonchev–Trinajstić information content (AvgIpc) is 2.60. The van der Waals surface area contributed by atoms with Crippen molar-refractivity contribution in [3.63, 3.8) is 0 Å². The minimum Gasteiger partial charge on any atom is -0.468 e. The average molecular weight is 372 g/mol. The summed E-state index contributed by atoms with van der Waals surface area (Å²) in [4.78, 5) is 16.9. The van der Waals surface area contributed by atoms with Crippen molar-refractivity contribution in [2.24, 2.45) is 0 Å². The van der Waals surface area contributed by atoms with Crippen LogP contribution in [0.1, 0.15) is 76.3 Å². The van der Waals surface area contributed by atoms with Crippen LogP contribution in [0.25, 0.3) is 0 Å². The lowest BCUT2D eigenvalue weighted by Gasteiger charge is -2.15. The van der Waals surface area contributed by atoms with Crippen molar-refractivity contribution in [2.45, 2.75) is 80.7 Å². The third-order valence-corrected chi connectivity index (χ3v) is 5.61. The normalized spacial score (nSPS) is 13.5. The summed E-state index contributed by atoms with van der Waals surface area (Å²) in [6.45, 7) is 4.47. The van der Waals surface area contributed by atoms with Gasteiger partial charge in [-0.1, -0.05) is 58.8 Å². The van der Waals surface area contributed by atoms with Crippen LogP contribution in [0, 0.1) is 0 Å². The molecule has 0 N–H and O–H groups in total. The number of nitrogens with zero attached hydrogens (tertiary/aromatic N) is 1. The van der Waals surface area contributed by atoms with E-state index in [2.05, 4.69) is 18.8 Å². The molecule has 2 unspecified atom stereocenters. The lowest BCUT2D eigenvalue weighted by molar-refractivity contribution is -0.140. The van der Waals surface area contributed by atoms with E-state index in [4.69, 9.17) is 16.3 Å². The molecule has 24 heavy (non-hydrogen) atoms. The van der Waals surface area contributed by atoms with Crippen molar-refractivity contribution in [1.29, 1.82) is 0 Å². The summed E-state index contributed by atoms with van der Waals surface area (Å²) in [5.74, 6) is -0.461. The topological polar surface area (TPSA) is 39.2 Å². The second-order valence-corrected chi connectivity index (χ2v) is 8.03. The second-order valence-electron chi connectivity index (χ2n) is 6.11. The zero-order valence-electron chi connectivity index (χ0n) is 15.1. The van der Waals surface area contributed by atoms with E-state index in [-0.39, 0.29) is 0 Å². The molecule has 1 aromatic rings. The van der Waals surface area contributed by atoms with Crippen LogP contribution >= 0.6 is 23.4 Å². The molecule has 1 rings (SSSR count). The highest BCUT2D eigenvalue weighted by atomic mass is 35.5. The van der Waals surface area contributed by atoms with Gasteiger partial charge in [0.15, 0.2) is 5.38 Å². The van der Waals surface area contributed by atoms with Crippen LogP contribution in [0.4, 0.5) is 0 Å². The Kier molecular flexibility index (Phi) is 11.2. The molecule has 1 aromatic heterocycles. The van der Waals surface area contributed by atoms with Gasteiger partial charge in [-0.2, -0.15) is 0 Å². The Morgan fingerprint density at radius 1 is 1.25 bits per heavy atom. The summed E-state index contributed by atoms with van der Waals surface area (Å²) in [6, 6.07) is 3.86. The van der Waals surface area contributed by atoms with Crippen molar-refractivity contribution in [1.82, 2.24) is 4.98 Å². The number of ether oxygens (including phenoxy) is 1. The highest BCUT2D eigenvalue weighted by molar-refractivity contribution is 8.00. The standard InChI is InChI=1S/C19H30ClNO2S/c1-4-5-6-7-8-9-10-12-15(2)24-16-13-11-14-21-18(16)17(20)19(22)23-3/h11,13-15,17H,4-10,12H2,1-3H3. The van der Waals surface area contributed by atoms with Crippen LogP contribution in [0.15, 0.2) is 23.2 Å². The van der Waals surface area contributed by atoms with E-state index in [1.165, 1.54) is 52.1 Å². The zero-order valence-corrected chi connectivity index (χ0v) is 16.7. The maximum absolute atomic E-state index is 11.7. The first-order valence-corrected chi connectivity index (χ1v) is 10.2. The van der Waals surface area contributed by atoms with Gasteiger partial charge in [-0.15, -0.1) is 23.4 Å². The molecule has 0 aliphatic rings. The molecule has 0 spiro atoms. The van der Waals surface area contributed by atoms with Gasteiger partial charge in [0.05, 0.1) is 12.8 Å². The van der Waals surface area contributed by atoms with E-state index in [9.17, 15) is 4.79 Å². The van der Waals surface area contributed by atoms with Gasteiger partial charge in [-0.05, 0) is 18.6 Å². The second kappa shape index (κ2) is 12.6. The number of hydrogen-bond donors (Lipinski definition) is 0. The predicted molar refractivity (Wildman–Crippen MR) is 103 cm³/mol. The quantitative estimate of drug-likeness (QED) is 0.191. The Morgan fingerprint density at radius 3 is 2.58 bits per heavy atom. The van der Waals surface area contributed by atoms with Gasteiger partial charge in [0.1, 0.15) is 0 Å². The number of pyridine rings is 1. The first kappa shape index (κ1) is 21.3. The van der Waals surface area contributed by atoms with E-state index in [0.29, 0.717) is 10.9 Å². The van der Waals surface area contributed by atoms with Gasteiger partial charge in [0.2, 0.25) is 0 Å². The number of aromatic nitrogens is 1. The predicted octanol–water partition coefficient (Wildman–Crippen LogP) is 6.16. The molecule has 0 saturated carbocycles. The van der Waals surface area contributed by atoms with Crippen LogP contribution in [-0.4, -0.2) is 23.3 Å². The minimum atomic E-state index is -0.843. The van der Waals surface area contributed by atoms with E-state index in [1.54, 1.807) is 18.0 Å². The number of halogens is 1. The Bertz CT molecular complexity index is 484. The molecule has 2 atom stereocenters. The van der Waals surface area contributed by atoms with Gasteiger partial charge in [-0.3, -0.25) is 9.78 Å². The minimum absolute atomic E-state index is 0.461. The SMILES string of the molecule is CCCCCCCCCC(C)Sc1cccnc1C(Cl)C(=O)OC.